The van der Waals surface area contributed by atoms with Crippen LogP contribution in [-0.4, -0.2) is 17.1 Å². The van der Waals surface area contributed by atoms with Gasteiger partial charge in [0.2, 0.25) is 0 Å². The van der Waals surface area contributed by atoms with Crippen molar-refractivity contribution in [1.82, 2.24) is 9.97 Å². The van der Waals surface area contributed by atoms with Gasteiger partial charge in [-0.1, -0.05) is 12.1 Å². The Morgan fingerprint density at radius 2 is 1.93 bits per heavy atom. The van der Waals surface area contributed by atoms with E-state index < -0.39 is 0 Å². The average Bonchev–Trinajstić information content (AvgIpc) is 2.18. The molecule has 1 aromatic carbocycles. The first-order valence-electron chi connectivity index (χ1n) is 3.87. The van der Waals surface area contributed by atoms with E-state index in [-0.39, 0.29) is 12.4 Å². The highest BCUT2D eigenvalue weighted by Crippen LogP contribution is 2.19. The van der Waals surface area contributed by atoms with Crippen LogP contribution in [0.2, 0.25) is 0 Å². The fourth-order valence-corrected chi connectivity index (χ4v) is 1.17. The zero-order valence-electron chi connectivity index (χ0n) is 7.60. The Kier molecular flexibility index (Phi) is 3.09. The highest BCUT2D eigenvalue weighted by molar-refractivity contribution is 5.88. The van der Waals surface area contributed by atoms with E-state index in [0.29, 0.717) is 11.8 Å². The standard InChI is InChI=1S/C9H9N3O.ClH/c1-13-9-11-7-5-3-2-4-6(7)8(10)12-9;/h2-5H,1H3,(H2,10,11,12);1H. The molecule has 4 nitrogen and oxygen atoms in total. The largest absolute Gasteiger partial charge is 0.467 e. The summed E-state index contributed by atoms with van der Waals surface area (Å²) < 4.78 is 4.90. The van der Waals surface area contributed by atoms with E-state index >= 15 is 0 Å². The van der Waals surface area contributed by atoms with E-state index in [1.54, 1.807) is 0 Å². The van der Waals surface area contributed by atoms with Crippen molar-refractivity contribution in [2.75, 3.05) is 12.8 Å². The van der Waals surface area contributed by atoms with Crippen molar-refractivity contribution in [3.8, 4) is 6.01 Å². The number of anilines is 1. The molecule has 1 heterocycles. The second kappa shape index (κ2) is 4.11. The number of hydrogen-bond donors (Lipinski definition) is 1. The number of nitrogens with zero attached hydrogens (tertiary/aromatic N) is 2. The highest BCUT2D eigenvalue weighted by Gasteiger charge is 2.02. The van der Waals surface area contributed by atoms with Crippen molar-refractivity contribution < 1.29 is 4.74 Å². The lowest BCUT2D eigenvalue weighted by Crippen LogP contribution is -1.98. The molecule has 2 rings (SSSR count). The number of halogens is 1. The zero-order chi connectivity index (χ0) is 9.26. The third-order valence-electron chi connectivity index (χ3n) is 1.79. The Bertz CT molecular complexity index is 447. The Hall–Kier alpha value is -1.55. The van der Waals surface area contributed by atoms with Gasteiger partial charge >= 0.3 is 6.01 Å². The van der Waals surface area contributed by atoms with E-state index in [4.69, 9.17) is 10.5 Å². The molecule has 14 heavy (non-hydrogen) atoms. The second-order valence-corrected chi connectivity index (χ2v) is 2.61. The predicted molar refractivity (Wildman–Crippen MR) is 57.8 cm³/mol. The van der Waals surface area contributed by atoms with Crippen molar-refractivity contribution in [3.05, 3.63) is 24.3 Å². The first-order chi connectivity index (χ1) is 6.31. The Morgan fingerprint density at radius 3 is 2.64 bits per heavy atom. The lowest BCUT2D eigenvalue weighted by Gasteiger charge is -2.02. The maximum absolute atomic E-state index is 5.70. The molecule has 0 atom stereocenters. The number of para-hydroxylation sites is 1. The summed E-state index contributed by atoms with van der Waals surface area (Å²) in [6.45, 7) is 0. The maximum atomic E-state index is 5.70. The van der Waals surface area contributed by atoms with Crippen molar-refractivity contribution in [1.29, 1.82) is 0 Å². The van der Waals surface area contributed by atoms with Crippen LogP contribution < -0.4 is 10.5 Å². The fourth-order valence-electron chi connectivity index (χ4n) is 1.17. The van der Waals surface area contributed by atoms with Gasteiger partial charge in [-0.25, -0.2) is 0 Å². The molecule has 0 amide bonds. The van der Waals surface area contributed by atoms with Gasteiger partial charge < -0.3 is 10.5 Å². The Balaban J connectivity index is 0.000000980. The number of fused-ring (bicyclic) bond motifs is 1. The van der Waals surface area contributed by atoms with E-state index in [0.717, 1.165) is 10.9 Å². The molecule has 0 spiro atoms. The molecule has 74 valence electrons. The van der Waals surface area contributed by atoms with Gasteiger partial charge in [-0.15, -0.1) is 12.4 Å². The molecule has 0 radical (unpaired) electrons. The van der Waals surface area contributed by atoms with Crippen LogP contribution in [0.15, 0.2) is 24.3 Å². The van der Waals surface area contributed by atoms with Crippen LogP contribution in [0.3, 0.4) is 0 Å². The molecule has 5 heteroatoms. The molecule has 0 aliphatic carbocycles. The zero-order valence-corrected chi connectivity index (χ0v) is 8.41. The third-order valence-corrected chi connectivity index (χ3v) is 1.79. The molecule has 0 aliphatic heterocycles. The number of aromatic nitrogens is 2. The summed E-state index contributed by atoms with van der Waals surface area (Å²) in [4.78, 5) is 8.11. The summed E-state index contributed by atoms with van der Waals surface area (Å²) in [6.07, 6.45) is 0. The van der Waals surface area contributed by atoms with Crippen LogP contribution in [0.25, 0.3) is 10.9 Å². The van der Waals surface area contributed by atoms with Crippen LogP contribution >= 0.6 is 12.4 Å². The number of methoxy groups -OCH3 is 1. The number of benzene rings is 1. The first-order valence-corrected chi connectivity index (χ1v) is 3.87. The van der Waals surface area contributed by atoms with Gasteiger partial charge in [0.05, 0.1) is 12.6 Å². The molecule has 0 fully saturated rings. The minimum Gasteiger partial charge on any atom is -0.467 e. The van der Waals surface area contributed by atoms with E-state index in [1.165, 1.54) is 7.11 Å². The van der Waals surface area contributed by atoms with Crippen LogP contribution in [0.1, 0.15) is 0 Å². The fraction of sp³-hybridized carbons (Fsp3) is 0.111. The Morgan fingerprint density at radius 1 is 1.21 bits per heavy atom. The number of ether oxygens (including phenoxy) is 1. The van der Waals surface area contributed by atoms with Crippen LogP contribution in [0.4, 0.5) is 5.82 Å². The summed E-state index contributed by atoms with van der Waals surface area (Å²) in [7, 11) is 1.52. The topological polar surface area (TPSA) is 61.0 Å². The lowest BCUT2D eigenvalue weighted by atomic mass is 10.2. The minimum absolute atomic E-state index is 0. The summed E-state index contributed by atoms with van der Waals surface area (Å²) in [5, 5.41) is 0.850. The number of nitrogens with two attached hydrogens (primary N) is 1. The average molecular weight is 212 g/mol. The molecule has 2 N–H and O–H groups in total. The number of nitrogen functional groups attached to an aromatic ring is 1. The second-order valence-electron chi connectivity index (χ2n) is 2.61. The smallest absolute Gasteiger partial charge is 0.318 e. The number of hydrogen-bond acceptors (Lipinski definition) is 4. The maximum Gasteiger partial charge on any atom is 0.318 e. The van der Waals surface area contributed by atoms with Gasteiger partial charge in [0.15, 0.2) is 0 Å². The monoisotopic (exact) mass is 211 g/mol. The molecule has 1 aromatic heterocycles. The lowest BCUT2D eigenvalue weighted by molar-refractivity contribution is 0.382. The van der Waals surface area contributed by atoms with Gasteiger partial charge in [0.1, 0.15) is 5.82 Å². The SMILES string of the molecule is COc1nc(N)c2ccccc2n1.Cl. The molecular weight excluding hydrogens is 202 g/mol. The van der Waals surface area contributed by atoms with E-state index in [9.17, 15) is 0 Å². The van der Waals surface area contributed by atoms with E-state index in [2.05, 4.69) is 9.97 Å². The van der Waals surface area contributed by atoms with Crippen molar-refractivity contribution in [2.45, 2.75) is 0 Å². The van der Waals surface area contributed by atoms with Gasteiger partial charge in [-0.05, 0) is 12.1 Å². The Labute approximate surface area is 87.5 Å². The van der Waals surface area contributed by atoms with Crippen molar-refractivity contribution >= 4 is 29.1 Å². The number of rotatable bonds is 1. The van der Waals surface area contributed by atoms with Crippen LogP contribution in [-0.2, 0) is 0 Å². The summed E-state index contributed by atoms with van der Waals surface area (Å²) in [5.41, 5.74) is 6.50. The third kappa shape index (κ3) is 1.70. The molecule has 0 aliphatic rings. The molecule has 0 unspecified atom stereocenters. The molecular formula is C9H10ClN3O. The quantitative estimate of drug-likeness (QED) is 0.779. The van der Waals surface area contributed by atoms with Crippen LogP contribution in [0, 0.1) is 0 Å². The van der Waals surface area contributed by atoms with Gasteiger partial charge in [-0.2, -0.15) is 9.97 Å². The molecule has 0 saturated heterocycles. The summed E-state index contributed by atoms with van der Waals surface area (Å²) >= 11 is 0. The highest BCUT2D eigenvalue weighted by atomic mass is 35.5. The normalized spacial score (nSPS) is 9.50. The van der Waals surface area contributed by atoms with Crippen molar-refractivity contribution in [2.24, 2.45) is 0 Å². The van der Waals surface area contributed by atoms with Crippen molar-refractivity contribution in [3.63, 3.8) is 0 Å². The molecule has 0 bridgehead atoms. The van der Waals surface area contributed by atoms with Gasteiger partial charge in [0.25, 0.3) is 0 Å². The van der Waals surface area contributed by atoms with Gasteiger partial charge in [0, 0.05) is 5.39 Å². The van der Waals surface area contributed by atoms with E-state index in [1.807, 2.05) is 24.3 Å². The first kappa shape index (κ1) is 10.5. The summed E-state index contributed by atoms with van der Waals surface area (Å²) in [5.74, 6) is 0.447. The predicted octanol–water partition coefficient (Wildman–Crippen LogP) is 1.64. The molecule has 0 saturated carbocycles. The van der Waals surface area contributed by atoms with Gasteiger partial charge in [-0.3, -0.25) is 0 Å². The summed E-state index contributed by atoms with van der Waals surface area (Å²) in [6, 6.07) is 7.85. The van der Waals surface area contributed by atoms with Crippen LogP contribution in [0.5, 0.6) is 6.01 Å². The molecule has 2 aromatic rings. The minimum atomic E-state index is 0.